The van der Waals surface area contributed by atoms with Gasteiger partial charge in [0.05, 0.1) is 0 Å². The van der Waals surface area contributed by atoms with Gasteiger partial charge in [0.2, 0.25) is 0 Å². The monoisotopic (exact) mass is 352 g/mol. The predicted octanol–water partition coefficient (Wildman–Crippen LogP) is 6.84. The van der Waals surface area contributed by atoms with Crippen LogP contribution in [0.4, 0.5) is 0 Å². The molecule has 2 aliphatic rings. The largest absolute Gasteiger partial charge is 2.00 e. The maximum Gasteiger partial charge on any atom is 2.00 e. The molecule has 19 heavy (non-hydrogen) atoms. The first kappa shape index (κ1) is 20.8. The second-order valence-electron chi connectivity index (χ2n) is 6.42. The maximum absolute atomic E-state index is 2.32. The fourth-order valence-electron chi connectivity index (χ4n) is 1.20. The van der Waals surface area contributed by atoms with Crippen LogP contribution in [0.5, 0.6) is 0 Å². The molecule has 2 rings (SSSR count). The van der Waals surface area contributed by atoms with Crippen molar-refractivity contribution in [2.24, 2.45) is 10.8 Å². The normalized spacial score (nSPS) is 25.6. The summed E-state index contributed by atoms with van der Waals surface area (Å²) in [7, 11) is 4.59. The molecule has 0 N–H and O–H groups in total. The second kappa shape index (κ2) is 9.06. The Labute approximate surface area is 137 Å². The van der Waals surface area contributed by atoms with Gasteiger partial charge < -0.3 is 0 Å². The minimum Gasteiger partial charge on any atom is -0.0589 e. The molecule has 0 bridgehead atoms. The summed E-state index contributed by atoms with van der Waals surface area (Å²) in [4.78, 5) is 0. The van der Waals surface area contributed by atoms with Gasteiger partial charge in [-0.2, -0.15) is 0 Å². The maximum atomic E-state index is 2.32. The van der Waals surface area contributed by atoms with Crippen LogP contribution >= 0.6 is 25.1 Å². The van der Waals surface area contributed by atoms with Gasteiger partial charge in [0.15, 0.2) is 0 Å². The molecule has 1 heterocycles. The summed E-state index contributed by atoms with van der Waals surface area (Å²) in [5.41, 5.74) is 0.784. The minimum absolute atomic E-state index is 0. The van der Waals surface area contributed by atoms with E-state index in [0.717, 1.165) is 0 Å². The number of hydrogen-bond donors (Lipinski definition) is 0. The molecule has 1 saturated heterocycles. The van der Waals surface area contributed by atoms with Gasteiger partial charge in [-0.25, -0.2) is 0 Å². The standard InChI is InChI=1S/C10H18P3.C5H5.Fe/c1-9(2,3)7-11-8(13-12-7)10(4,5)6;1-2-4-5-3-1;/h1-6H3;1-5H;/q;;+2. The molecule has 1 aliphatic carbocycles. The van der Waals surface area contributed by atoms with Crippen molar-refractivity contribution in [1.29, 1.82) is 0 Å². The van der Waals surface area contributed by atoms with Crippen molar-refractivity contribution in [3.05, 3.63) is 42.9 Å². The first-order chi connectivity index (χ1) is 8.21. The van der Waals surface area contributed by atoms with Crippen LogP contribution < -0.4 is 0 Å². The van der Waals surface area contributed by atoms with Gasteiger partial charge in [0.1, 0.15) is 0 Å². The van der Waals surface area contributed by atoms with Crippen LogP contribution in [-0.4, -0.2) is 0 Å². The second-order valence-corrected chi connectivity index (χ2v) is 10.7. The van der Waals surface area contributed by atoms with Crippen LogP contribution in [0.15, 0.2) is 0 Å². The molecule has 2 fully saturated rings. The van der Waals surface area contributed by atoms with E-state index in [1.807, 2.05) is 32.1 Å². The fourth-order valence-corrected chi connectivity index (χ4v) is 8.03. The van der Waals surface area contributed by atoms with Crippen molar-refractivity contribution in [3.8, 4) is 0 Å². The molecule has 0 nitrogen and oxygen atoms in total. The Morgan fingerprint density at radius 3 is 1.05 bits per heavy atom. The summed E-state index contributed by atoms with van der Waals surface area (Å²) in [6.07, 6.45) is 10.0. The van der Waals surface area contributed by atoms with E-state index in [9.17, 15) is 0 Å². The average Bonchev–Trinajstić information content (AvgIpc) is 2.91. The third kappa shape index (κ3) is 8.12. The molecule has 104 valence electrons. The first-order valence-corrected chi connectivity index (χ1v) is 9.65. The smallest absolute Gasteiger partial charge is 0.0589 e. The zero-order valence-electron chi connectivity index (χ0n) is 12.6. The number of hydrogen-bond acceptors (Lipinski definition) is 0. The number of rotatable bonds is 0. The van der Waals surface area contributed by atoms with Crippen LogP contribution in [0.3, 0.4) is 0 Å². The molecular formula is C15H23FeP3+2. The van der Waals surface area contributed by atoms with E-state index in [4.69, 9.17) is 0 Å². The molecule has 0 aromatic heterocycles. The van der Waals surface area contributed by atoms with Gasteiger partial charge in [-0.1, -0.05) is 50.1 Å². The minimum atomic E-state index is 0. The first-order valence-electron chi connectivity index (χ1n) is 6.26. The van der Waals surface area contributed by atoms with Crippen LogP contribution in [-0.2, 0) is 17.1 Å². The van der Waals surface area contributed by atoms with Crippen molar-refractivity contribution in [2.75, 3.05) is 0 Å². The predicted molar refractivity (Wildman–Crippen MR) is 87.7 cm³/mol. The van der Waals surface area contributed by atoms with Crippen LogP contribution in [0.1, 0.15) is 41.5 Å². The third-order valence-electron chi connectivity index (χ3n) is 2.35. The Hall–Kier alpha value is 1.81. The van der Waals surface area contributed by atoms with Crippen molar-refractivity contribution in [1.82, 2.24) is 0 Å². The zero-order valence-corrected chi connectivity index (χ0v) is 16.4. The molecule has 1 saturated carbocycles. The topological polar surface area (TPSA) is 0 Å². The SMILES string of the molecule is CC(C)(C)[C]1[P][P][C](C(C)(C)C)[P]1.[CH]1[CH][CH][CH][CH]1.[Fe+2]. The molecule has 10 radical (unpaired) electrons. The molecule has 0 aromatic rings. The Balaban J connectivity index is 0.000000454. The summed E-state index contributed by atoms with van der Waals surface area (Å²) in [5, 5.41) is 3.36. The Morgan fingerprint density at radius 1 is 0.632 bits per heavy atom. The van der Waals surface area contributed by atoms with E-state index in [-0.39, 0.29) is 17.1 Å². The van der Waals surface area contributed by atoms with E-state index in [2.05, 4.69) is 41.5 Å². The van der Waals surface area contributed by atoms with Gasteiger partial charge in [-0.05, 0) is 59.5 Å². The molecule has 0 atom stereocenters. The molecule has 1 aliphatic heterocycles. The van der Waals surface area contributed by atoms with E-state index in [1.165, 1.54) is 25.1 Å². The third-order valence-corrected chi connectivity index (χ3v) is 9.58. The molecule has 0 spiro atoms. The van der Waals surface area contributed by atoms with Gasteiger partial charge in [0.25, 0.3) is 0 Å². The van der Waals surface area contributed by atoms with Crippen molar-refractivity contribution in [3.63, 3.8) is 0 Å². The fraction of sp³-hybridized carbons (Fsp3) is 0.533. The van der Waals surface area contributed by atoms with Gasteiger partial charge >= 0.3 is 17.1 Å². The summed E-state index contributed by atoms with van der Waals surface area (Å²) in [5.74, 6) is 0. The van der Waals surface area contributed by atoms with E-state index in [0.29, 0.717) is 10.8 Å². The molecule has 0 aromatic carbocycles. The van der Waals surface area contributed by atoms with Gasteiger partial charge in [-0.3, -0.25) is 0 Å². The van der Waals surface area contributed by atoms with Crippen LogP contribution in [0, 0.1) is 53.7 Å². The van der Waals surface area contributed by atoms with E-state index in [1.54, 1.807) is 10.8 Å². The van der Waals surface area contributed by atoms with Crippen molar-refractivity contribution >= 4 is 25.1 Å². The molecule has 0 unspecified atom stereocenters. The van der Waals surface area contributed by atoms with Crippen molar-refractivity contribution < 1.29 is 17.1 Å². The summed E-state index contributed by atoms with van der Waals surface area (Å²) >= 11 is 0. The Kier molecular flexibility index (Phi) is 9.93. The van der Waals surface area contributed by atoms with Gasteiger partial charge in [0, 0.05) is 10.8 Å². The Morgan fingerprint density at radius 2 is 0.895 bits per heavy atom. The quantitative estimate of drug-likeness (QED) is 0.331. The molecular weight excluding hydrogens is 329 g/mol. The van der Waals surface area contributed by atoms with E-state index < -0.39 is 0 Å². The summed E-state index contributed by atoms with van der Waals surface area (Å²) < 4.78 is 0. The van der Waals surface area contributed by atoms with Crippen molar-refractivity contribution in [2.45, 2.75) is 41.5 Å². The molecule has 4 heteroatoms. The summed E-state index contributed by atoms with van der Waals surface area (Å²) in [6.45, 7) is 13.9. The van der Waals surface area contributed by atoms with Crippen LogP contribution in [0.25, 0.3) is 0 Å². The van der Waals surface area contributed by atoms with Crippen LogP contribution in [0.2, 0.25) is 0 Å². The Bertz CT molecular complexity index is 211. The zero-order chi connectivity index (χ0) is 13.8. The summed E-state index contributed by atoms with van der Waals surface area (Å²) in [6, 6.07) is 0. The average molecular weight is 352 g/mol. The van der Waals surface area contributed by atoms with Gasteiger partial charge in [-0.15, -0.1) is 0 Å². The molecule has 0 amide bonds. The van der Waals surface area contributed by atoms with E-state index >= 15 is 0 Å².